The summed E-state index contributed by atoms with van der Waals surface area (Å²) in [7, 11) is 2.86. The fraction of sp³-hybridized carbons (Fsp3) is 0.344. The van der Waals surface area contributed by atoms with Gasteiger partial charge in [0.2, 0.25) is 0 Å². The van der Waals surface area contributed by atoms with Gasteiger partial charge >= 0.3 is 5.97 Å². The fourth-order valence-corrected chi connectivity index (χ4v) is 3.76. The number of carbonyl (C=O) groups excluding carboxylic acids is 3. The maximum Gasteiger partial charge on any atom is 0.337 e. The molecule has 2 N–H and O–H groups in total. The van der Waals surface area contributed by atoms with Crippen molar-refractivity contribution in [2.24, 2.45) is 5.92 Å². The van der Waals surface area contributed by atoms with Gasteiger partial charge in [-0.3, -0.25) is 9.59 Å². The number of hydrogen-bond donors (Lipinski definition) is 2. The summed E-state index contributed by atoms with van der Waals surface area (Å²) >= 11 is 0. The average molecular weight is 563 g/mol. The Morgan fingerprint density at radius 2 is 1.29 bits per heavy atom. The SMILES string of the molecule is CCC(C)Oc1cc(C(=O)Nc2ccc(C(=O)OC)cc2OCC(C)C)ccc1NC(=O)c1ccc(C)c(OC)c1. The molecular formula is C32H38N2O7. The lowest BCUT2D eigenvalue weighted by molar-refractivity contribution is 0.0600. The van der Waals surface area contributed by atoms with Crippen LogP contribution in [0.1, 0.15) is 70.8 Å². The molecule has 0 aliphatic carbocycles. The third-order valence-corrected chi connectivity index (χ3v) is 6.29. The molecule has 1 unspecified atom stereocenters. The van der Waals surface area contributed by atoms with Crippen LogP contribution in [-0.2, 0) is 4.74 Å². The van der Waals surface area contributed by atoms with Crippen LogP contribution in [0.15, 0.2) is 54.6 Å². The maximum atomic E-state index is 13.3. The summed E-state index contributed by atoms with van der Waals surface area (Å²) in [4.78, 5) is 38.4. The molecule has 0 radical (unpaired) electrons. The second-order valence-electron chi connectivity index (χ2n) is 10.0. The topological polar surface area (TPSA) is 112 Å². The minimum atomic E-state index is -0.508. The van der Waals surface area contributed by atoms with Crippen molar-refractivity contribution in [1.82, 2.24) is 0 Å². The van der Waals surface area contributed by atoms with Gasteiger partial charge in [-0.15, -0.1) is 0 Å². The van der Waals surface area contributed by atoms with Crippen molar-refractivity contribution in [3.63, 3.8) is 0 Å². The maximum absolute atomic E-state index is 13.3. The van der Waals surface area contributed by atoms with E-state index >= 15 is 0 Å². The zero-order chi connectivity index (χ0) is 30.1. The molecule has 1 atom stereocenters. The standard InChI is InChI=1S/C32H38N2O7/c1-8-21(5)41-29-16-23(11-13-26(29)34-30(35)22-10-9-20(4)27(15-22)38-6)31(36)33-25-14-12-24(32(37)39-7)17-28(25)40-18-19(2)3/h9-17,19,21H,8,18H2,1-7H3,(H,33,36)(H,34,35). The summed E-state index contributed by atoms with van der Waals surface area (Å²) in [5, 5.41) is 5.75. The molecule has 0 aliphatic rings. The zero-order valence-corrected chi connectivity index (χ0v) is 24.6. The van der Waals surface area contributed by atoms with Gasteiger partial charge in [-0.25, -0.2) is 4.79 Å². The average Bonchev–Trinajstić information content (AvgIpc) is 2.96. The summed E-state index contributed by atoms with van der Waals surface area (Å²) in [6, 6.07) is 14.7. The molecule has 0 bridgehead atoms. The van der Waals surface area contributed by atoms with Crippen LogP contribution in [0.25, 0.3) is 0 Å². The van der Waals surface area contributed by atoms with E-state index in [-0.39, 0.29) is 17.9 Å². The van der Waals surface area contributed by atoms with Crippen molar-refractivity contribution >= 4 is 29.2 Å². The number of rotatable bonds is 12. The predicted molar refractivity (Wildman–Crippen MR) is 159 cm³/mol. The lowest BCUT2D eigenvalue weighted by atomic mass is 10.1. The molecule has 2 amide bonds. The quantitative estimate of drug-likeness (QED) is 0.242. The van der Waals surface area contributed by atoms with Crippen LogP contribution < -0.4 is 24.8 Å². The lowest BCUT2D eigenvalue weighted by Gasteiger charge is -2.19. The van der Waals surface area contributed by atoms with Crippen molar-refractivity contribution < 1.29 is 33.3 Å². The van der Waals surface area contributed by atoms with Crippen LogP contribution in [0.4, 0.5) is 11.4 Å². The van der Waals surface area contributed by atoms with Gasteiger partial charge in [-0.05, 0) is 80.3 Å². The van der Waals surface area contributed by atoms with Gasteiger partial charge in [0, 0.05) is 11.1 Å². The molecule has 0 heterocycles. The fourth-order valence-electron chi connectivity index (χ4n) is 3.76. The predicted octanol–water partition coefficient (Wildman–Crippen LogP) is 6.51. The van der Waals surface area contributed by atoms with Crippen molar-refractivity contribution in [1.29, 1.82) is 0 Å². The van der Waals surface area contributed by atoms with Crippen molar-refractivity contribution in [2.75, 3.05) is 31.5 Å². The highest BCUT2D eigenvalue weighted by Crippen LogP contribution is 2.31. The smallest absolute Gasteiger partial charge is 0.337 e. The second kappa shape index (κ2) is 14.2. The summed E-state index contributed by atoms with van der Waals surface area (Å²) in [5.41, 5.74) is 2.78. The Balaban J connectivity index is 1.89. The molecule has 218 valence electrons. The number of benzene rings is 3. The van der Waals surface area contributed by atoms with Crippen LogP contribution >= 0.6 is 0 Å². The largest absolute Gasteiger partial charge is 0.496 e. The molecule has 0 saturated carbocycles. The molecule has 9 heteroatoms. The number of methoxy groups -OCH3 is 2. The molecule has 0 fully saturated rings. The van der Waals surface area contributed by atoms with Gasteiger partial charge in [0.05, 0.1) is 43.9 Å². The van der Waals surface area contributed by atoms with Crippen LogP contribution in [0.2, 0.25) is 0 Å². The summed E-state index contributed by atoms with van der Waals surface area (Å²) in [6.45, 7) is 10.2. The van der Waals surface area contributed by atoms with Gasteiger partial charge in [-0.2, -0.15) is 0 Å². The highest BCUT2D eigenvalue weighted by molar-refractivity contribution is 6.08. The van der Waals surface area contributed by atoms with Crippen LogP contribution in [-0.4, -0.2) is 44.7 Å². The Kier molecular flexibility index (Phi) is 10.7. The first-order valence-corrected chi connectivity index (χ1v) is 13.5. The number of amides is 2. The van der Waals surface area contributed by atoms with Crippen molar-refractivity contribution in [2.45, 2.75) is 47.1 Å². The Morgan fingerprint density at radius 1 is 0.756 bits per heavy atom. The Labute approximate surface area is 241 Å². The molecule has 3 rings (SSSR count). The second-order valence-corrected chi connectivity index (χ2v) is 10.0. The third kappa shape index (κ3) is 8.23. The normalized spacial score (nSPS) is 11.4. The van der Waals surface area contributed by atoms with E-state index in [4.69, 9.17) is 18.9 Å². The van der Waals surface area contributed by atoms with E-state index in [0.29, 0.717) is 51.9 Å². The zero-order valence-electron chi connectivity index (χ0n) is 24.6. The van der Waals surface area contributed by atoms with E-state index in [2.05, 4.69) is 10.6 Å². The first kappa shape index (κ1) is 31.0. The molecule has 41 heavy (non-hydrogen) atoms. The third-order valence-electron chi connectivity index (χ3n) is 6.29. The molecule has 3 aromatic rings. The van der Waals surface area contributed by atoms with E-state index in [1.165, 1.54) is 7.11 Å². The molecular weight excluding hydrogens is 524 g/mol. The molecule has 9 nitrogen and oxygen atoms in total. The van der Waals surface area contributed by atoms with Crippen LogP contribution in [0.5, 0.6) is 17.2 Å². The number of anilines is 2. The highest BCUT2D eigenvalue weighted by Gasteiger charge is 2.18. The van der Waals surface area contributed by atoms with E-state index in [1.807, 2.05) is 40.7 Å². The van der Waals surface area contributed by atoms with Crippen molar-refractivity contribution in [3.8, 4) is 17.2 Å². The van der Waals surface area contributed by atoms with E-state index in [1.54, 1.807) is 55.6 Å². The Morgan fingerprint density at radius 3 is 1.85 bits per heavy atom. The van der Waals surface area contributed by atoms with E-state index < -0.39 is 11.9 Å². The summed E-state index contributed by atoms with van der Waals surface area (Å²) in [5.74, 6) is 0.278. The monoisotopic (exact) mass is 562 g/mol. The number of esters is 1. The minimum Gasteiger partial charge on any atom is -0.496 e. The molecule has 0 spiro atoms. The lowest BCUT2D eigenvalue weighted by Crippen LogP contribution is -2.18. The van der Waals surface area contributed by atoms with Crippen LogP contribution in [0.3, 0.4) is 0 Å². The van der Waals surface area contributed by atoms with Crippen LogP contribution in [0, 0.1) is 12.8 Å². The molecule has 0 aromatic heterocycles. The van der Waals surface area contributed by atoms with E-state index in [9.17, 15) is 14.4 Å². The van der Waals surface area contributed by atoms with Gasteiger partial charge in [0.1, 0.15) is 17.2 Å². The Bertz CT molecular complexity index is 1400. The number of ether oxygens (including phenoxy) is 4. The van der Waals surface area contributed by atoms with Gasteiger partial charge in [0.15, 0.2) is 0 Å². The summed E-state index contributed by atoms with van der Waals surface area (Å²) < 4.78 is 22.1. The highest BCUT2D eigenvalue weighted by atomic mass is 16.5. The first-order chi connectivity index (χ1) is 19.6. The molecule has 0 saturated heterocycles. The number of nitrogens with one attached hydrogen (secondary N) is 2. The minimum absolute atomic E-state index is 0.162. The first-order valence-electron chi connectivity index (χ1n) is 13.5. The summed E-state index contributed by atoms with van der Waals surface area (Å²) in [6.07, 6.45) is 0.563. The van der Waals surface area contributed by atoms with Gasteiger partial charge in [-0.1, -0.05) is 26.8 Å². The molecule has 0 aliphatic heterocycles. The molecule has 3 aromatic carbocycles. The van der Waals surface area contributed by atoms with E-state index in [0.717, 1.165) is 12.0 Å². The number of carbonyl (C=O) groups is 3. The van der Waals surface area contributed by atoms with Crippen molar-refractivity contribution in [3.05, 3.63) is 76.9 Å². The number of aryl methyl sites for hydroxylation is 1. The van der Waals surface area contributed by atoms with Gasteiger partial charge < -0.3 is 29.6 Å². The Hall–Kier alpha value is -4.53. The van der Waals surface area contributed by atoms with Gasteiger partial charge in [0.25, 0.3) is 11.8 Å². The number of hydrogen-bond acceptors (Lipinski definition) is 7.